The molecule has 8 nitrogen and oxygen atoms in total. The van der Waals surface area contributed by atoms with E-state index in [2.05, 4.69) is 21.8 Å². The fourth-order valence-electron chi connectivity index (χ4n) is 5.65. The molecule has 2 N–H and O–H groups in total. The number of furan rings is 1. The molecule has 1 unspecified atom stereocenters. The number of halogens is 2. The number of carbonyl (C=O) groups is 1. The van der Waals surface area contributed by atoms with E-state index in [1.54, 1.807) is 6.20 Å². The second kappa shape index (κ2) is 11.5. The van der Waals surface area contributed by atoms with Gasteiger partial charge in [0, 0.05) is 70.2 Å². The molecule has 0 amide bonds. The summed E-state index contributed by atoms with van der Waals surface area (Å²) in [6.07, 6.45) is 2.91. The zero-order valence-corrected chi connectivity index (χ0v) is 24.6. The highest BCUT2D eigenvalue weighted by molar-refractivity contribution is 6.36. The van der Waals surface area contributed by atoms with Crippen molar-refractivity contribution in [2.24, 2.45) is 0 Å². The molecule has 0 bridgehead atoms. The maximum Gasteiger partial charge on any atom is 0.339 e. The molecule has 5 aromatic rings. The first-order valence-corrected chi connectivity index (χ1v) is 14.3. The van der Waals surface area contributed by atoms with Crippen LogP contribution in [0.25, 0.3) is 21.7 Å². The molecule has 1 fully saturated rings. The zero-order valence-electron chi connectivity index (χ0n) is 23.1. The van der Waals surface area contributed by atoms with Crippen LogP contribution in [0.2, 0.25) is 10.0 Å². The molecule has 10 heteroatoms. The van der Waals surface area contributed by atoms with E-state index >= 15 is 0 Å². The van der Waals surface area contributed by atoms with Crippen LogP contribution in [-0.2, 0) is 6.61 Å². The van der Waals surface area contributed by atoms with Gasteiger partial charge in [0.05, 0.1) is 6.04 Å². The van der Waals surface area contributed by atoms with Crippen LogP contribution in [-0.4, -0.2) is 64.2 Å². The lowest BCUT2D eigenvalue weighted by Gasteiger charge is -2.39. The number of rotatable bonds is 7. The van der Waals surface area contributed by atoms with Gasteiger partial charge in [-0.15, -0.1) is 0 Å². The molecule has 1 saturated heterocycles. The number of hydrogen-bond donors (Lipinski definition) is 2. The summed E-state index contributed by atoms with van der Waals surface area (Å²) >= 11 is 12.6. The molecule has 3 aromatic carbocycles. The second-order valence-electron chi connectivity index (χ2n) is 10.6. The van der Waals surface area contributed by atoms with Crippen LogP contribution in [0.1, 0.15) is 38.7 Å². The van der Waals surface area contributed by atoms with Gasteiger partial charge in [-0.25, -0.2) is 9.78 Å². The van der Waals surface area contributed by atoms with Crippen molar-refractivity contribution in [3.05, 3.63) is 98.9 Å². The van der Waals surface area contributed by atoms with Gasteiger partial charge in [-0.05, 0) is 48.9 Å². The molecule has 6 rings (SSSR count). The summed E-state index contributed by atoms with van der Waals surface area (Å²) in [7, 11) is 2.07. The predicted octanol–water partition coefficient (Wildman–Crippen LogP) is 6.92. The molecule has 1 aliphatic heterocycles. The lowest BCUT2D eigenvalue weighted by molar-refractivity contribution is 0.0697. The van der Waals surface area contributed by atoms with Gasteiger partial charge in [0.2, 0.25) is 5.88 Å². The number of hydrogen-bond acceptors (Lipinski definition) is 7. The number of aromatic hydroxyl groups is 1. The Morgan fingerprint density at radius 1 is 1.07 bits per heavy atom. The van der Waals surface area contributed by atoms with Gasteiger partial charge in [-0.1, -0.05) is 47.5 Å². The molecule has 0 aliphatic carbocycles. The van der Waals surface area contributed by atoms with E-state index in [1.807, 2.05) is 55.5 Å². The van der Waals surface area contributed by atoms with E-state index in [0.29, 0.717) is 56.3 Å². The van der Waals surface area contributed by atoms with E-state index < -0.39 is 12.0 Å². The number of carboxylic acid groups (broad SMARTS) is 1. The highest BCUT2D eigenvalue weighted by Crippen LogP contribution is 2.46. The number of pyridine rings is 1. The predicted molar refractivity (Wildman–Crippen MR) is 163 cm³/mol. The van der Waals surface area contributed by atoms with Crippen LogP contribution < -0.4 is 4.74 Å². The summed E-state index contributed by atoms with van der Waals surface area (Å²) in [5.74, 6) is -0.730. The fourth-order valence-corrected chi connectivity index (χ4v) is 6.18. The minimum atomic E-state index is -1.13. The number of aromatic nitrogens is 1. The summed E-state index contributed by atoms with van der Waals surface area (Å²) < 4.78 is 11.9. The van der Waals surface area contributed by atoms with Crippen molar-refractivity contribution in [1.29, 1.82) is 0 Å². The fraction of sp³-hybridized carbons (Fsp3) is 0.250. The van der Waals surface area contributed by atoms with Crippen LogP contribution >= 0.6 is 23.2 Å². The Morgan fingerprint density at radius 2 is 1.76 bits per heavy atom. The number of benzene rings is 3. The quantitative estimate of drug-likeness (QED) is 0.206. The van der Waals surface area contributed by atoms with Gasteiger partial charge in [0.25, 0.3) is 0 Å². The summed E-state index contributed by atoms with van der Waals surface area (Å²) in [5.41, 5.74) is 3.31. The summed E-state index contributed by atoms with van der Waals surface area (Å²) in [4.78, 5) is 21.3. The van der Waals surface area contributed by atoms with Crippen molar-refractivity contribution in [2.75, 3.05) is 33.2 Å². The number of phenolic OH excluding ortho intramolecular Hbond substituents is 1. The molecular weight excluding hydrogens is 577 g/mol. The molecule has 0 spiro atoms. The standard InChI is InChI=1S/C32H29Cl2N3O5/c1-18-24(33)13-19(14-25(18)34)16-41-26-15-20(7-8-35-26)29(37-11-9-36(2)10-12-37)28-27-23(32(39)40)17-42-31(27)22-6-4-3-5-21(22)30(28)38/h3-8,13-15,17,29,38H,9-12,16H2,1-2H3,(H,39,40). The molecule has 1 atom stereocenters. The summed E-state index contributed by atoms with van der Waals surface area (Å²) in [6.45, 7) is 5.09. The van der Waals surface area contributed by atoms with E-state index in [4.69, 9.17) is 32.4 Å². The van der Waals surface area contributed by atoms with Crippen LogP contribution in [0, 0.1) is 6.92 Å². The second-order valence-corrected chi connectivity index (χ2v) is 11.4. The maximum absolute atomic E-state index is 12.4. The van der Waals surface area contributed by atoms with Gasteiger partial charge < -0.3 is 24.3 Å². The average Bonchev–Trinajstić information content (AvgIpc) is 3.43. The molecular formula is C32H29Cl2N3O5. The Labute approximate surface area is 252 Å². The number of aromatic carboxylic acids is 1. The molecule has 2 aromatic heterocycles. The van der Waals surface area contributed by atoms with Gasteiger partial charge in [-0.2, -0.15) is 0 Å². The van der Waals surface area contributed by atoms with Gasteiger partial charge >= 0.3 is 5.97 Å². The maximum atomic E-state index is 12.4. The topological polar surface area (TPSA) is 99.3 Å². The largest absolute Gasteiger partial charge is 0.507 e. The third kappa shape index (κ3) is 5.16. The molecule has 3 heterocycles. The molecule has 1 aliphatic rings. The van der Waals surface area contributed by atoms with Gasteiger partial charge in [0.1, 0.15) is 29.8 Å². The number of fused-ring (bicyclic) bond motifs is 3. The third-order valence-corrected chi connectivity index (χ3v) is 8.74. The first-order valence-electron chi connectivity index (χ1n) is 13.6. The lowest BCUT2D eigenvalue weighted by atomic mass is 9.89. The molecule has 42 heavy (non-hydrogen) atoms. The zero-order chi connectivity index (χ0) is 29.5. The average molecular weight is 607 g/mol. The number of carboxylic acids is 1. The van der Waals surface area contributed by atoms with Crippen molar-refractivity contribution in [3.63, 3.8) is 0 Å². The van der Waals surface area contributed by atoms with E-state index in [1.165, 1.54) is 6.26 Å². The highest BCUT2D eigenvalue weighted by atomic mass is 35.5. The number of phenols is 1. The minimum Gasteiger partial charge on any atom is -0.507 e. The number of nitrogens with zero attached hydrogens (tertiary/aromatic N) is 3. The van der Waals surface area contributed by atoms with Crippen molar-refractivity contribution in [1.82, 2.24) is 14.8 Å². The highest BCUT2D eigenvalue weighted by Gasteiger charge is 2.33. The first-order chi connectivity index (χ1) is 20.2. The number of ether oxygens (including phenoxy) is 1. The Bertz CT molecular complexity index is 1790. The first kappa shape index (κ1) is 28.3. The Morgan fingerprint density at radius 3 is 2.45 bits per heavy atom. The SMILES string of the molecule is Cc1c(Cl)cc(COc2cc(C(c3c(O)c4ccccc4c4occ(C(=O)O)c34)N3CCN(C)CC3)ccn2)cc1Cl. The van der Waals surface area contributed by atoms with Gasteiger partial charge in [-0.3, -0.25) is 4.90 Å². The Hall–Kier alpha value is -3.82. The van der Waals surface area contributed by atoms with E-state index in [9.17, 15) is 15.0 Å². The molecule has 216 valence electrons. The van der Waals surface area contributed by atoms with E-state index in [-0.39, 0.29) is 17.9 Å². The summed E-state index contributed by atoms with van der Waals surface area (Å²) in [5, 5.41) is 24.7. The van der Waals surface area contributed by atoms with Crippen LogP contribution in [0.15, 0.2) is 65.4 Å². The van der Waals surface area contributed by atoms with Crippen molar-refractivity contribution < 1.29 is 24.2 Å². The van der Waals surface area contributed by atoms with Crippen LogP contribution in [0.4, 0.5) is 0 Å². The Kier molecular flexibility index (Phi) is 7.72. The molecule has 0 saturated carbocycles. The number of likely N-dealkylation sites (N-methyl/N-ethyl adjacent to an activating group) is 1. The minimum absolute atomic E-state index is 0.00108. The lowest BCUT2D eigenvalue weighted by Crippen LogP contribution is -2.46. The van der Waals surface area contributed by atoms with E-state index in [0.717, 1.165) is 29.8 Å². The number of piperazine rings is 1. The molecule has 0 radical (unpaired) electrons. The van der Waals surface area contributed by atoms with Crippen LogP contribution in [0.5, 0.6) is 11.6 Å². The Balaban J connectivity index is 1.49. The van der Waals surface area contributed by atoms with Crippen molar-refractivity contribution in [2.45, 2.75) is 19.6 Å². The summed E-state index contributed by atoms with van der Waals surface area (Å²) in [6, 6.07) is 14.1. The third-order valence-electron chi connectivity index (χ3n) is 7.95. The van der Waals surface area contributed by atoms with Crippen molar-refractivity contribution >= 4 is 50.9 Å². The smallest absolute Gasteiger partial charge is 0.339 e. The monoisotopic (exact) mass is 605 g/mol. The van der Waals surface area contributed by atoms with Crippen molar-refractivity contribution in [3.8, 4) is 11.6 Å². The normalized spacial score (nSPS) is 15.3. The van der Waals surface area contributed by atoms with Crippen LogP contribution in [0.3, 0.4) is 0 Å². The van der Waals surface area contributed by atoms with Gasteiger partial charge in [0.15, 0.2) is 0 Å².